The molecule has 0 aliphatic carbocycles. The molecule has 2 bridgehead atoms. The third-order valence-electron chi connectivity index (χ3n) is 3.41. The maximum Gasteiger partial charge on any atom is 0.328 e. The number of rotatable bonds is 3. The SMILES string of the molecule is CC(C)(NC(=O)[C@H]1C[C@H]2CC[C@H]1O2)C(=O)O. The van der Waals surface area contributed by atoms with E-state index in [0.29, 0.717) is 0 Å². The second-order valence-corrected chi connectivity index (χ2v) is 5.14. The minimum Gasteiger partial charge on any atom is -0.480 e. The molecular weight excluding hydrogens is 210 g/mol. The van der Waals surface area contributed by atoms with E-state index in [1.54, 1.807) is 0 Å². The molecule has 2 rings (SSSR count). The number of amides is 1. The topological polar surface area (TPSA) is 75.6 Å². The van der Waals surface area contributed by atoms with E-state index in [4.69, 9.17) is 9.84 Å². The highest BCUT2D eigenvalue weighted by atomic mass is 16.5. The van der Waals surface area contributed by atoms with Gasteiger partial charge in [0.05, 0.1) is 18.1 Å². The van der Waals surface area contributed by atoms with E-state index >= 15 is 0 Å². The molecule has 2 aliphatic heterocycles. The highest BCUT2D eigenvalue weighted by Gasteiger charge is 2.45. The molecule has 2 fully saturated rings. The summed E-state index contributed by atoms with van der Waals surface area (Å²) in [6.07, 6.45) is 2.86. The Morgan fingerprint density at radius 1 is 1.38 bits per heavy atom. The predicted molar refractivity (Wildman–Crippen MR) is 55.9 cm³/mol. The molecule has 2 N–H and O–H groups in total. The monoisotopic (exact) mass is 227 g/mol. The van der Waals surface area contributed by atoms with Gasteiger partial charge in [0.1, 0.15) is 5.54 Å². The Morgan fingerprint density at radius 3 is 2.50 bits per heavy atom. The van der Waals surface area contributed by atoms with Crippen molar-refractivity contribution in [2.75, 3.05) is 0 Å². The van der Waals surface area contributed by atoms with E-state index < -0.39 is 11.5 Å². The second-order valence-electron chi connectivity index (χ2n) is 5.14. The summed E-state index contributed by atoms with van der Waals surface area (Å²) in [5.41, 5.74) is -1.21. The molecule has 2 saturated heterocycles. The third kappa shape index (κ3) is 1.91. The third-order valence-corrected chi connectivity index (χ3v) is 3.41. The zero-order valence-corrected chi connectivity index (χ0v) is 9.53. The lowest BCUT2D eigenvalue weighted by Gasteiger charge is -2.25. The van der Waals surface area contributed by atoms with Crippen LogP contribution in [0.4, 0.5) is 0 Å². The van der Waals surface area contributed by atoms with Gasteiger partial charge in [0.2, 0.25) is 5.91 Å². The number of aliphatic carboxylic acids is 1. The summed E-state index contributed by atoms with van der Waals surface area (Å²) >= 11 is 0. The van der Waals surface area contributed by atoms with Gasteiger partial charge in [0, 0.05) is 0 Å². The van der Waals surface area contributed by atoms with Gasteiger partial charge in [-0.15, -0.1) is 0 Å². The predicted octanol–water partition coefficient (Wildman–Crippen LogP) is 0.533. The number of carboxylic acid groups (broad SMARTS) is 1. The van der Waals surface area contributed by atoms with Crippen molar-refractivity contribution in [1.29, 1.82) is 0 Å². The van der Waals surface area contributed by atoms with Crippen molar-refractivity contribution in [3.63, 3.8) is 0 Å². The van der Waals surface area contributed by atoms with Gasteiger partial charge >= 0.3 is 5.97 Å². The van der Waals surface area contributed by atoms with Gasteiger partial charge in [0.25, 0.3) is 0 Å². The average molecular weight is 227 g/mol. The van der Waals surface area contributed by atoms with E-state index in [9.17, 15) is 9.59 Å². The Morgan fingerprint density at radius 2 is 2.06 bits per heavy atom. The van der Waals surface area contributed by atoms with Gasteiger partial charge in [0.15, 0.2) is 0 Å². The molecule has 2 heterocycles. The number of hydrogen-bond acceptors (Lipinski definition) is 3. The van der Waals surface area contributed by atoms with Crippen LogP contribution in [0.15, 0.2) is 0 Å². The first-order chi connectivity index (χ1) is 7.40. The molecule has 5 heteroatoms. The second kappa shape index (κ2) is 3.73. The minimum atomic E-state index is -1.21. The standard InChI is InChI=1S/C11H17NO4/c1-11(2,10(14)15)12-9(13)7-5-6-3-4-8(7)16-6/h6-8H,3-5H2,1-2H3,(H,12,13)(H,14,15)/t6-,7+,8-/m1/s1. The van der Waals surface area contributed by atoms with Crippen molar-refractivity contribution in [2.24, 2.45) is 5.92 Å². The zero-order valence-electron chi connectivity index (χ0n) is 9.53. The van der Waals surface area contributed by atoms with Crippen LogP contribution >= 0.6 is 0 Å². The Hall–Kier alpha value is -1.10. The number of carbonyl (C=O) groups is 2. The van der Waals surface area contributed by atoms with Crippen LogP contribution in [0.1, 0.15) is 33.1 Å². The largest absolute Gasteiger partial charge is 0.480 e. The van der Waals surface area contributed by atoms with Crippen LogP contribution in [0.5, 0.6) is 0 Å². The molecule has 1 amide bonds. The smallest absolute Gasteiger partial charge is 0.328 e. The van der Waals surface area contributed by atoms with Crippen molar-refractivity contribution in [3.05, 3.63) is 0 Å². The van der Waals surface area contributed by atoms with E-state index in [1.807, 2.05) is 0 Å². The first-order valence-corrected chi connectivity index (χ1v) is 5.61. The molecule has 0 aromatic carbocycles. The lowest BCUT2D eigenvalue weighted by molar-refractivity contribution is -0.147. The van der Waals surface area contributed by atoms with Crippen LogP contribution in [0.25, 0.3) is 0 Å². The molecular formula is C11H17NO4. The van der Waals surface area contributed by atoms with Crippen molar-refractivity contribution < 1.29 is 19.4 Å². The van der Waals surface area contributed by atoms with Crippen LogP contribution in [-0.4, -0.2) is 34.7 Å². The molecule has 16 heavy (non-hydrogen) atoms. The number of carboxylic acids is 1. The fourth-order valence-corrected chi connectivity index (χ4v) is 2.37. The molecule has 0 spiro atoms. The highest BCUT2D eigenvalue weighted by molar-refractivity contribution is 5.87. The quantitative estimate of drug-likeness (QED) is 0.737. The van der Waals surface area contributed by atoms with Crippen molar-refractivity contribution in [3.8, 4) is 0 Å². The number of carbonyl (C=O) groups excluding carboxylic acids is 1. The summed E-state index contributed by atoms with van der Waals surface area (Å²) < 4.78 is 5.57. The van der Waals surface area contributed by atoms with Gasteiger partial charge in [-0.3, -0.25) is 4.79 Å². The summed E-state index contributed by atoms with van der Waals surface area (Å²) in [5, 5.41) is 11.5. The first-order valence-electron chi connectivity index (χ1n) is 5.61. The molecule has 0 saturated carbocycles. The highest BCUT2D eigenvalue weighted by Crippen LogP contribution is 2.38. The molecule has 0 aromatic heterocycles. The summed E-state index contributed by atoms with van der Waals surface area (Å²) in [6.45, 7) is 2.97. The van der Waals surface area contributed by atoms with Gasteiger partial charge in [-0.1, -0.05) is 0 Å². The summed E-state index contributed by atoms with van der Waals surface area (Å²) in [7, 11) is 0. The van der Waals surface area contributed by atoms with Gasteiger partial charge in [-0.2, -0.15) is 0 Å². The van der Waals surface area contributed by atoms with E-state index in [-0.39, 0.29) is 24.0 Å². The fraction of sp³-hybridized carbons (Fsp3) is 0.818. The lowest BCUT2D eigenvalue weighted by Crippen LogP contribution is -2.52. The number of ether oxygens (including phenoxy) is 1. The fourth-order valence-electron chi connectivity index (χ4n) is 2.37. The van der Waals surface area contributed by atoms with Crippen LogP contribution in [-0.2, 0) is 14.3 Å². The minimum absolute atomic E-state index is 0.00500. The maximum absolute atomic E-state index is 11.9. The lowest BCUT2D eigenvalue weighted by atomic mass is 9.88. The van der Waals surface area contributed by atoms with Crippen molar-refractivity contribution in [1.82, 2.24) is 5.32 Å². The Bertz CT molecular complexity index is 326. The van der Waals surface area contributed by atoms with Gasteiger partial charge in [-0.05, 0) is 33.1 Å². The molecule has 5 nitrogen and oxygen atoms in total. The van der Waals surface area contributed by atoms with Gasteiger partial charge in [-0.25, -0.2) is 4.79 Å². The van der Waals surface area contributed by atoms with Crippen LogP contribution < -0.4 is 5.32 Å². The molecule has 3 atom stereocenters. The Kier molecular flexibility index (Phi) is 2.66. The van der Waals surface area contributed by atoms with Crippen LogP contribution in [0, 0.1) is 5.92 Å². The molecule has 90 valence electrons. The molecule has 0 unspecified atom stereocenters. The van der Waals surface area contributed by atoms with Crippen molar-refractivity contribution in [2.45, 2.75) is 50.9 Å². The number of hydrogen-bond donors (Lipinski definition) is 2. The molecule has 2 aliphatic rings. The van der Waals surface area contributed by atoms with E-state index in [1.165, 1.54) is 13.8 Å². The summed E-state index contributed by atoms with van der Waals surface area (Å²) in [6, 6.07) is 0. The number of nitrogens with one attached hydrogen (secondary N) is 1. The Balaban J connectivity index is 1.96. The summed E-state index contributed by atoms with van der Waals surface area (Å²) in [4.78, 5) is 22.8. The average Bonchev–Trinajstić information content (AvgIpc) is 2.77. The van der Waals surface area contributed by atoms with Crippen LogP contribution in [0.3, 0.4) is 0 Å². The molecule has 0 radical (unpaired) electrons. The van der Waals surface area contributed by atoms with E-state index in [0.717, 1.165) is 19.3 Å². The maximum atomic E-state index is 11.9. The van der Waals surface area contributed by atoms with Gasteiger partial charge < -0.3 is 15.2 Å². The number of fused-ring (bicyclic) bond motifs is 2. The first kappa shape index (κ1) is 11.4. The molecule has 0 aromatic rings. The zero-order chi connectivity index (χ0) is 11.9. The Labute approximate surface area is 94.2 Å². The normalized spacial score (nSPS) is 32.8. The van der Waals surface area contributed by atoms with E-state index in [2.05, 4.69) is 5.32 Å². The summed E-state index contributed by atoms with van der Waals surface area (Å²) in [5.74, 6) is -1.39. The van der Waals surface area contributed by atoms with Crippen LogP contribution in [0.2, 0.25) is 0 Å². The van der Waals surface area contributed by atoms with Crippen molar-refractivity contribution >= 4 is 11.9 Å².